The number of carbonyl (C=O) groups is 1. The number of hydrogen-bond donors (Lipinski definition) is 1. The van der Waals surface area contributed by atoms with Crippen LogP contribution in [0, 0.1) is 0 Å². The van der Waals surface area contributed by atoms with E-state index in [0.29, 0.717) is 5.56 Å². The normalized spacial score (nSPS) is 11.2. The molecular weight excluding hydrogens is 156 g/mol. The molecule has 0 unspecified atom stereocenters. The van der Waals surface area contributed by atoms with Gasteiger partial charge in [-0.2, -0.15) is 0 Å². The van der Waals surface area contributed by atoms with E-state index in [0.717, 1.165) is 0 Å². The van der Waals surface area contributed by atoms with Gasteiger partial charge in [-0.1, -0.05) is 5.16 Å². The molecule has 0 bridgehead atoms. The highest BCUT2D eigenvalue weighted by atomic mass is 16.4. The molecule has 62 valence electrons. The number of rotatable bonds is 2. The fraction of sp³-hybridized carbons (Fsp3) is 0.125. The van der Waals surface area contributed by atoms with Crippen LogP contribution in [0.3, 0.4) is 0 Å². The van der Waals surface area contributed by atoms with Gasteiger partial charge in [-0.25, -0.2) is 0 Å². The van der Waals surface area contributed by atoms with Crippen molar-refractivity contribution in [2.75, 3.05) is 0 Å². The van der Waals surface area contributed by atoms with E-state index in [4.69, 9.17) is 5.21 Å². The second-order valence-corrected chi connectivity index (χ2v) is 2.25. The minimum absolute atomic E-state index is 0.0706. The summed E-state index contributed by atoms with van der Waals surface area (Å²) >= 11 is 0. The molecule has 1 N–H and O–H groups in total. The quantitative estimate of drug-likeness (QED) is 0.308. The Labute approximate surface area is 69.6 Å². The van der Waals surface area contributed by atoms with Crippen LogP contribution in [-0.4, -0.2) is 21.7 Å². The Hall–Kier alpha value is -1.71. The van der Waals surface area contributed by atoms with Crippen molar-refractivity contribution in [1.82, 2.24) is 4.98 Å². The zero-order chi connectivity index (χ0) is 8.97. The Morgan fingerprint density at radius 1 is 1.50 bits per heavy atom. The minimum atomic E-state index is -0.292. The predicted octanol–water partition coefficient (Wildman–Crippen LogP) is 1.11. The van der Waals surface area contributed by atoms with Gasteiger partial charge in [-0.15, -0.1) is 0 Å². The summed E-state index contributed by atoms with van der Waals surface area (Å²) in [6, 6.07) is 3.13. The molecule has 4 heteroatoms. The van der Waals surface area contributed by atoms with E-state index in [9.17, 15) is 4.79 Å². The van der Waals surface area contributed by atoms with Gasteiger partial charge in [-0.05, 0) is 19.1 Å². The molecule has 12 heavy (non-hydrogen) atoms. The van der Waals surface area contributed by atoms with Crippen LogP contribution in [0.25, 0.3) is 0 Å². The summed E-state index contributed by atoms with van der Waals surface area (Å²) in [5.41, 5.74) is 0.543. The van der Waals surface area contributed by atoms with Crippen molar-refractivity contribution in [2.45, 2.75) is 6.92 Å². The summed E-state index contributed by atoms with van der Waals surface area (Å²) in [6.45, 7) is 1.45. The maximum absolute atomic E-state index is 11.3. The van der Waals surface area contributed by atoms with E-state index < -0.39 is 0 Å². The van der Waals surface area contributed by atoms with Crippen molar-refractivity contribution in [3.63, 3.8) is 0 Å². The third-order valence-electron chi connectivity index (χ3n) is 1.42. The van der Waals surface area contributed by atoms with Crippen LogP contribution in [0.4, 0.5) is 0 Å². The largest absolute Gasteiger partial charge is 0.411 e. The first-order valence-corrected chi connectivity index (χ1v) is 3.39. The third kappa shape index (κ3) is 1.66. The summed E-state index contributed by atoms with van der Waals surface area (Å²) in [5.74, 6) is -0.292. The Kier molecular flexibility index (Phi) is 2.53. The molecule has 0 aliphatic heterocycles. The van der Waals surface area contributed by atoms with Crippen LogP contribution in [0.2, 0.25) is 0 Å². The van der Waals surface area contributed by atoms with E-state index in [1.54, 1.807) is 12.1 Å². The molecular formula is C8H8N2O2. The van der Waals surface area contributed by atoms with Gasteiger partial charge in [0.15, 0.2) is 0 Å². The Morgan fingerprint density at radius 2 is 2.08 bits per heavy atom. The van der Waals surface area contributed by atoms with Crippen molar-refractivity contribution in [3.8, 4) is 0 Å². The molecule has 1 heterocycles. The Balaban J connectivity index is 2.94. The molecule has 1 rings (SSSR count). The smallest absolute Gasteiger partial charge is 0.210 e. The summed E-state index contributed by atoms with van der Waals surface area (Å²) in [4.78, 5) is 15.0. The first-order valence-electron chi connectivity index (χ1n) is 3.39. The van der Waals surface area contributed by atoms with Crippen LogP contribution in [0.15, 0.2) is 29.7 Å². The van der Waals surface area contributed by atoms with E-state index in [1.807, 2.05) is 0 Å². The van der Waals surface area contributed by atoms with Gasteiger partial charge in [-0.3, -0.25) is 9.78 Å². The van der Waals surface area contributed by atoms with Crippen molar-refractivity contribution < 1.29 is 10.0 Å². The van der Waals surface area contributed by atoms with Crippen molar-refractivity contribution in [2.24, 2.45) is 5.16 Å². The number of nitrogens with zero attached hydrogens (tertiary/aromatic N) is 2. The average molecular weight is 164 g/mol. The van der Waals surface area contributed by atoms with Gasteiger partial charge < -0.3 is 5.21 Å². The van der Waals surface area contributed by atoms with Gasteiger partial charge >= 0.3 is 0 Å². The summed E-state index contributed by atoms with van der Waals surface area (Å²) < 4.78 is 0. The van der Waals surface area contributed by atoms with Crippen molar-refractivity contribution in [3.05, 3.63) is 30.1 Å². The number of oxime groups is 1. The van der Waals surface area contributed by atoms with Crippen LogP contribution in [0.5, 0.6) is 0 Å². The van der Waals surface area contributed by atoms with E-state index in [1.165, 1.54) is 19.3 Å². The van der Waals surface area contributed by atoms with E-state index in [2.05, 4.69) is 10.1 Å². The highest BCUT2D eigenvalue weighted by Crippen LogP contribution is 1.99. The number of carbonyl (C=O) groups excluding carboxylic acids is 1. The number of pyridine rings is 1. The molecule has 0 fully saturated rings. The first-order chi connectivity index (χ1) is 5.75. The fourth-order valence-corrected chi connectivity index (χ4v) is 0.758. The lowest BCUT2D eigenvalue weighted by Crippen LogP contribution is -2.10. The van der Waals surface area contributed by atoms with Crippen LogP contribution >= 0.6 is 0 Å². The summed E-state index contributed by atoms with van der Waals surface area (Å²) in [7, 11) is 0. The maximum atomic E-state index is 11.3. The Bertz CT molecular complexity index is 306. The zero-order valence-electron chi connectivity index (χ0n) is 6.56. The molecule has 0 atom stereocenters. The molecule has 0 radical (unpaired) electrons. The summed E-state index contributed by atoms with van der Waals surface area (Å²) in [5, 5.41) is 11.1. The van der Waals surface area contributed by atoms with Crippen molar-refractivity contribution in [1.29, 1.82) is 0 Å². The standard InChI is InChI=1S/C8H8N2O2/c1-6(10-12)8(11)7-2-4-9-5-3-7/h2-5,12H,1H3/b10-6-. The molecule has 0 saturated heterocycles. The average Bonchev–Trinajstić information content (AvgIpc) is 2.17. The van der Waals surface area contributed by atoms with Gasteiger partial charge in [0.1, 0.15) is 5.71 Å². The summed E-state index contributed by atoms with van der Waals surface area (Å²) in [6.07, 6.45) is 3.02. The van der Waals surface area contributed by atoms with Crippen LogP contribution in [0.1, 0.15) is 17.3 Å². The lowest BCUT2D eigenvalue weighted by atomic mass is 10.1. The SMILES string of the molecule is C/C(=N/O)C(=O)c1ccncc1. The molecule has 0 aliphatic rings. The van der Waals surface area contributed by atoms with Gasteiger partial charge in [0.05, 0.1) is 0 Å². The number of hydrogen-bond acceptors (Lipinski definition) is 4. The highest BCUT2D eigenvalue weighted by Gasteiger charge is 2.08. The molecule has 0 aromatic carbocycles. The first kappa shape index (κ1) is 8.39. The monoisotopic (exact) mass is 164 g/mol. The van der Waals surface area contributed by atoms with E-state index in [-0.39, 0.29) is 11.5 Å². The topological polar surface area (TPSA) is 62.6 Å². The van der Waals surface area contributed by atoms with E-state index >= 15 is 0 Å². The molecule has 0 saturated carbocycles. The molecule has 4 nitrogen and oxygen atoms in total. The molecule has 0 amide bonds. The minimum Gasteiger partial charge on any atom is -0.411 e. The van der Waals surface area contributed by atoms with Gasteiger partial charge in [0, 0.05) is 18.0 Å². The molecule has 1 aromatic heterocycles. The predicted molar refractivity (Wildman–Crippen MR) is 43.5 cm³/mol. The molecule has 0 spiro atoms. The second-order valence-electron chi connectivity index (χ2n) is 2.25. The Morgan fingerprint density at radius 3 is 2.58 bits per heavy atom. The lowest BCUT2D eigenvalue weighted by Gasteiger charge is -1.95. The second kappa shape index (κ2) is 3.61. The third-order valence-corrected chi connectivity index (χ3v) is 1.42. The number of aromatic nitrogens is 1. The maximum Gasteiger partial charge on any atom is 0.210 e. The fourth-order valence-electron chi connectivity index (χ4n) is 0.758. The molecule has 1 aromatic rings. The zero-order valence-corrected chi connectivity index (χ0v) is 6.56. The number of ketones is 1. The number of Topliss-reactive ketones (excluding diaryl/α,β-unsaturated/α-hetero) is 1. The lowest BCUT2D eigenvalue weighted by molar-refractivity contribution is 0.106. The van der Waals surface area contributed by atoms with Crippen LogP contribution in [-0.2, 0) is 0 Å². The van der Waals surface area contributed by atoms with Crippen LogP contribution < -0.4 is 0 Å². The van der Waals surface area contributed by atoms with Crippen molar-refractivity contribution >= 4 is 11.5 Å². The highest BCUT2D eigenvalue weighted by molar-refractivity contribution is 6.45. The van der Waals surface area contributed by atoms with Gasteiger partial charge in [0.25, 0.3) is 0 Å². The van der Waals surface area contributed by atoms with Gasteiger partial charge in [0.2, 0.25) is 5.78 Å². The molecule has 0 aliphatic carbocycles.